The van der Waals surface area contributed by atoms with Gasteiger partial charge in [0.25, 0.3) is 0 Å². The first-order chi connectivity index (χ1) is 8.86. The summed E-state index contributed by atoms with van der Waals surface area (Å²) in [6.07, 6.45) is -1.73. The highest BCUT2D eigenvalue weighted by Gasteiger charge is 2.30. The van der Waals surface area contributed by atoms with Crippen LogP contribution in [0.5, 0.6) is 0 Å². The van der Waals surface area contributed by atoms with Crippen LogP contribution in [0.4, 0.5) is 18.0 Å². The Bertz CT molecular complexity index is 488. The fraction of sp³-hybridized carbons (Fsp3) is 0.308. The zero-order chi connectivity index (χ0) is 14.0. The summed E-state index contributed by atoms with van der Waals surface area (Å²) < 4.78 is 37.0. The molecule has 0 bridgehead atoms. The molecule has 1 aliphatic rings. The van der Waals surface area contributed by atoms with E-state index in [1.165, 1.54) is 17.0 Å². The second-order valence-electron chi connectivity index (χ2n) is 4.43. The molecule has 3 nitrogen and oxygen atoms in total. The molecule has 6 heteroatoms. The minimum atomic E-state index is -4.32. The van der Waals surface area contributed by atoms with Gasteiger partial charge >= 0.3 is 12.3 Å². The molecule has 2 rings (SSSR count). The molecular weight excluding hydrogens is 259 g/mol. The molecule has 1 saturated heterocycles. The second kappa shape index (κ2) is 4.95. The zero-order valence-corrected chi connectivity index (χ0v) is 9.89. The van der Waals surface area contributed by atoms with Crippen LogP contribution in [0.2, 0.25) is 0 Å². The number of amides is 1. The number of benzene rings is 1. The van der Waals surface area contributed by atoms with Gasteiger partial charge in [-0.1, -0.05) is 24.3 Å². The highest BCUT2D eigenvalue weighted by Crippen LogP contribution is 2.29. The van der Waals surface area contributed by atoms with Crippen molar-refractivity contribution < 1.29 is 23.1 Å². The summed E-state index contributed by atoms with van der Waals surface area (Å²) in [5.74, 6) is 0.137. The van der Waals surface area contributed by atoms with Crippen molar-refractivity contribution in [2.45, 2.75) is 6.18 Å². The van der Waals surface area contributed by atoms with Gasteiger partial charge in [-0.05, 0) is 17.7 Å². The number of carboxylic acid groups (broad SMARTS) is 1. The van der Waals surface area contributed by atoms with Crippen LogP contribution < -0.4 is 0 Å². The van der Waals surface area contributed by atoms with Gasteiger partial charge in [-0.15, -0.1) is 0 Å². The fourth-order valence-electron chi connectivity index (χ4n) is 1.82. The molecule has 1 aromatic carbocycles. The number of hydrogen-bond acceptors (Lipinski definition) is 1. The molecule has 0 saturated carbocycles. The van der Waals surface area contributed by atoms with Crippen molar-refractivity contribution >= 4 is 12.2 Å². The lowest BCUT2D eigenvalue weighted by atomic mass is 9.99. The van der Waals surface area contributed by atoms with Crippen molar-refractivity contribution in [1.29, 1.82) is 0 Å². The number of carbonyl (C=O) groups is 1. The summed E-state index contributed by atoms with van der Waals surface area (Å²) in [5, 5.41) is 8.64. The minimum Gasteiger partial charge on any atom is -0.465 e. The van der Waals surface area contributed by atoms with E-state index in [1.54, 1.807) is 6.08 Å². The third-order valence-electron chi connectivity index (χ3n) is 2.98. The fourth-order valence-corrected chi connectivity index (χ4v) is 1.82. The van der Waals surface area contributed by atoms with Crippen LogP contribution in [0.15, 0.2) is 30.3 Å². The van der Waals surface area contributed by atoms with E-state index >= 15 is 0 Å². The first kappa shape index (κ1) is 13.5. The Morgan fingerprint density at radius 3 is 2.32 bits per heavy atom. The monoisotopic (exact) mass is 271 g/mol. The van der Waals surface area contributed by atoms with Gasteiger partial charge < -0.3 is 10.0 Å². The number of rotatable bonds is 2. The van der Waals surface area contributed by atoms with Crippen molar-refractivity contribution in [2.75, 3.05) is 13.1 Å². The van der Waals surface area contributed by atoms with Gasteiger partial charge in [-0.2, -0.15) is 13.2 Å². The molecule has 1 fully saturated rings. The van der Waals surface area contributed by atoms with Crippen molar-refractivity contribution in [3.05, 3.63) is 41.5 Å². The molecule has 0 spiro atoms. The van der Waals surface area contributed by atoms with Crippen LogP contribution >= 0.6 is 0 Å². The molecule has 0 unspecified atom stereocenters. The SMILES string of the molecule is O=C(O)N1CC(C=Cc2ccc(C(F)(F)F)cc2)C1. The lowest BCUT2D eigenvalue weighted by Crippen LogP contribution is -2.48. The first-order valence-electron chi connectivity index (χ1n) is 5.69. The predicted octanol–water partition coefficient (Wildman–Crippen LogP) is 3.33. The van der Waals surface area contributed by atoms with Crippen molar-refractivity contribution in [1.82, 2.24) is 4.90 Å². The van der Waals surface area contributed by atoms with Gasteiger partial charge in [-0.25, -0.2) is 4.79 Å². The maximum atomic E-state index is 12.3. The van der Waals surface area contributed by atoms with E-state index in [4.69, 9.17) is 5.11 Å². The number of halogens is 3. The Morgan fingerprint density at radius 2 is 1.84 bits per heavy atom. The summed E-state index contributed by atoms with van der Waals surface area (Å²) in [4.78, 5) is 11.8. The van der Waals surface area contributed by atoms with E-state index in [2.05, 4.69) is 0 Å². The summed E-state index contributed by atoms with van der Waals surface area (Å²) in [6.45, 7) is 0.874. The number of alkyl halides is 3. The molecular formula is C13H12F3NO2. The third kappa shape index (κ3) is 3.27. The van der Waals surface area contributed by atoms with E-state index in [9.17, 15) is 18.0 Å². The number of likely N-dealkylation sites (tertiary alicyclic amines) is 1. The summed E-state index contributed by atoms with van der Waals surface area (Å²) >= 11 is 0. The third-order valence-corrected chi connectivity index (χ3v) is 2.98. The average Bonchev–Trinajstić information content (AvgIpc) is 2.25. The van der Waals surface area contributed by atoms with Crippen molar-refractivity contribution in [3.63, 3.8) is 0 Å². The minimum absolute atomic E-state index is 0.137. The maximum Gasteiger partial charge on any atom is 0.416 e. The predicted molar refractivity (Wildman–Crippen MR) is 63.6 cm³/mol. The van der Waals surface area contributed by atoms with Crippen LogP contribution in [-0.4, -0.2) is 29.2 Å². The second-order valence-corrected chi connectivity index (χ2v) is 4.43. The normalized spacial score (nSPS) is 16.7. The molecule has 1 heterocycles. The largest absolute Gasteiger partial charge is 0.465 e. The van der Waals surface area contributed by atoms with Crippen LogP contribution in [0.1, 0.15) is 11.1 Å². The van der Waals surface area contributed by atoms with E-state index < -0.39 is 17.8 Å². The lowest BCUT2D eigenvalue weighted by Gasteiger charge is -2.35. The van der Waals surface area contributed by atoms with Crippen LogP contribution in [0.3, 0.4) is 0 Å². The summed E-state index contributed by atoms with van der Waals surface area (Å²) in [6, 6.07) is 4.86. The Labute approximate surface area is 108 Å². The molecule has 1 amide bonds. The average molecular weight is 271 g/mol. The Morgan fingerprint density at radius 1 is 1.26 bits per heavy atom. The van der Waals surface area contributed by atoms with E-state index in [-0.39, 0.29) is 5.92 Å². The summed E-state index contributed by atoms with van der Waals surface area (Å²) in [7, 11) is 0. The van der Waals surface area contributed by atoms with E-state index in [0.717, 1.165) is 12.1 Å². The molecule has 0 aliphatic carbocycles. The quantitative estimate of drug-likeness (QED) is 0.896. The van der Waals surface area contributed by atoms with Crippen LogP contribution in [0, 0.1) is 5.92 Å². The van der Waals surface area contributed by atoms with Gasteiger partial charge in [0, 0.05) is 19.0 Å². The highest BCUT2D eigenvalue weighted by atomic mass is 19.4. The number of hydrogen-bond donors (Lipinski definition) is 1. The summed E-state index contributed by atoms with van der Waals surface area (Å²) in [5.41, 5.74) is -0.00729. The Kier molecular flexibility index (Phi) is 3.50. The highest BCUT2D eigenvalue weighted by molar-refractivity contribution is 5.66. The van der Waals surface area contributed by atoms with Gasteiger partial charge in [-0.3, -0.25) is 0 Å². The molecule has 1 aliphatic heterocycles. The smallest absolute Gasteiger partial charge is 0.416 e. The van der Waals surface area contributed by atoms with E-state index in [0.29, 0.717) is 18.7 Å². The van der Waals surface area contributed by atoms with Crippen molar-refractivity contribution in [3.8, 4) is 0 Å². The standard InChI is InChI=1S/C13H12F3NO2/c14-13(15,16)11-5-3-9(4-6-11)1-2-10-7-17(8-10)12(18)19/h1-6,10H,7-8H2,(H,18,19). The van der Waals surface area contributed by atoms with Gasteiger partial charge in [0.1, 0.15) is 0 Å². The van der Waals surface area contributed by atoms with Crippen molar-refractivity contribution in [2.24, 2.45) is 5.92 Å². The molecule has 0 aromatic heterocycles. The van der Waals surface area contributed by atoms with Gasteiger partial charge in [0.2, 0.25) is 0 Å². The molecule has 0 atom stereocenters. The Hall–Kier alpha value is -1.98. The van der Waals surface area contributed by atoms with Gasteiger partial charge in [0.05, 0.1) is 5.56 Å². The topological polar surface area (TPSA) is 40.5 Å². The maximum absolute atomic E-state index is 12.3. The molecule has 0 radical (unpaired) electrons. The van der Waals surface area contributed by atoms with Crippen LogP contribution in [0.25, 0.3) is 6.08 Å². The van der Waals surface area contributed by atoms with E-state index in [1.807, 2.05) is 6.08 Å². The molecule has 1 N–H and O–H groups in total. The van der Waals surface area contributed by atoms with Crippen LogP contribution in [-0.2, 0) is 6.18 Å². The molecule has 19 heavy (non-hydrogen) atoms. The first-order valence-corrected chi connectivity index (χ1v) is 5.69. The lowest BCUT2D eigenvalue weighted by molar-refractivity contribution is -0.137. The van der Waals surface area contributed by atoms with Gasteiger partial charge in [0.15, 0.2) is 0 Å². The zero-order valence-electron chi connectivity index (χ0n) is 9.89. The molecule has 1 aromatic rings. The Balaban J connectivity index is 1.92. The number of nitrogens with zero attached hydrogens (tertiary/aromatic N) is 1. The molecule has 102 valence electrons.